The molecule has 23 heavy (non-hydrogen) atoms. The van der Waals surface area contributed by atoms with Crippen LogP contribution >= 0.6 is 11.3 Å². The van der Waals surface area contributed by atoms with E-state index in [9.17, 15) is 12.8 Å². The number of piperazine rings is 1. The molecule has 0 radical (unpaired) electrons. The summed E-state index contributed by atoms with van der Waals surface area (Å²) in [6.07, 6.45) is 1.18. The number of aryl methyl sites for hydroxylation is 2. The normalized spacial score (nSPS) is 16.7. The largest absolute Gasteiger partial charge is 0.354 e. The average molecular weight is 355 g/mol. The molecule has 0 bridgehead atoms. The molecule has 8 heteroatoms. The fourth-order valence-electron chi connectivity index (χ4n) is 2.71. The average Bonchev–Trinajstić information content (AvgIpc) is 2.87. The number of thiophene rings is 1. The number of hydrogen-bond donors (Lipinski definition) is 0. The maximum absolute atomic E-state index is 12.9. The van der Waals surface area contributed by atoms with E-state index in [4.69, 9.17) is 0 Å². The van der Waals surface area contributed by atoms with E-state index >= 15 is 0 Å². The van der Waals surface area contributed by atoms with Crippen LogP contribution in [-0.2, 0) is 10.0 Å². The Hall–Kier alpha value is -1.51. The smallest absolute Gasteiger partial charge is 0.252 e. The second kappa shape index (κ2) is 6.18. The second-order valence-corrected chi connectivity index (χ2v) is 8.94. The number of pyridine rings is 1. The van der Waals surface area contributed by atoms with E-state index in [1.165, 1.54) is 27.9 Å². The van der Waals surface area contributed by atoms with Gasteiger partial charge in [0, 0.05) is 31.1 Å². The van der Waals surface area contributed by atoms with E-state index < -0.39 is 10.0 Å². The van der Waals surface area contributed by atoms with Gasteiger partial charge in [-0.25, -0.2) is 17.8 Å². The lowest BCUT2D eigenvalue weighted by atomic mass is 10.3. The zero-order valence-electron chi connectivity index (χ0n) is 13.0. The third-order valence-corrected chi connectivity index (χ3v) is 7.51. The second-order valence-electron chi connectivity index (χ2n) is 5.55. The molecular formula is C15H18FN3O2S2. The fourth-order valence-corrected chi connectivity index (χ4v) is 5.93. The van der Waals surface area contributed by atoms with Crippen LogP contribution in [0, 0.1) is 19.7 Å². The summed E-state index contributed by atoms with van der Waals surface area (Å²) in [4.78, 5) is 7.02. The van der Waals surface area contributed by atoms with Crippen molar-refractivity contribution in [2.24, 2.45) is 0 Å². The molecule has 2 aromatic rings. The van der Waals surface area contributed by atoms with Crippen LogP contribution in [0.2, 0.25) is 0 Å². The van der Waals surface area contributed by atoms with E-state index in [1.54, 1.807) is 6.07 Å². The molecule has 0 saturated carbocycles. The van der Waals surface area contributed by atoms with Crippen LogP contribution in [0.25, 0.3) is 0 Å². The van der Waals surface area contributed by atoms with Crippen molar-refractivity contribution < 1.29 is 12.8 Å². The number of sulfonamides is 1. The Bertz CT molecular complexity index is 795. The lowest BCUT2D eigenvalue weighted by Crippen LogP contribution is -2.48. The van der Waals surface area contributed by atoms with Crippen molar-refractivity contribution in [3.8, 4) is 0 Å². The Balaban J connectivity index is 1.73. The zero-order valence-corrected chi connectivity index (χ0v) is 14.6. The van der Waals surface area contributed by atoms with Gasteiger partial charge in [-0.05, 0) is 37.6 Å². The van der Waals surface area contributed by atoms with Crippen LogP contribution in [0.15, 0.2) is 28.6 Å². The summed E-state index contributed by atoms with van der Waals surface area (Å²) < 4.78 is 40.4. The van der Waals surface area contributed by atoms with E-state index in [-0.39, 0.29) is 5.82 Å². The van der Waals surface area contributed by atoms with Gasteiger partial charge in [0.1, 0.15) is 15.8 Å². The molecular weight excluding hydrogens is 337 g/mol. The monoisotopic (exact) mass is 355 g/mol. The quantitative estimate of drug-likeness (QED) is 0.848. The van der Waals surface area contributed by atoms with Crippen LogP contribution in [0.5, 0.6) is 0 Å². The molecule has 1 aliphatic heterocycles. The molecule has 0 amide bonds. The SMILES string of the molecule is Cc1cc(C)c(S(=O)(=O)N2CCN(c3ccc(F)cn3)CC2)s1. The number of anilines is 1. The number of halogens is 1. The molecule has 0 aromatic carbocycles. The minimum Gasteiger partial charge on any atom is -0.354 e. The Morgan fingerprint density at radius 3 is 2.39 bits per heavy atom. The predicted molar refractivity (Wildman–Crippen MR) is 89.0 cm³/mol. The van der Waals surface area contributed by atoms with Gasteiger partial charge in [0.15, 0.2) is 0 Å². The molecule has 0 N–H and O–H groups in total. The number of hydrogen-bond acceptors (Lipinski definition) is 5. The minimum atomic E-state index is -3.44. The summed E-state index contributed by atoms with van der Waals surface area (Å²) in [6, 6.07) is 4.88. The fraction of sp³-hybridized carbons (Fsp3) is 0.400. The van der Waals surface area contributed by atoms with E-state index in [0.717, 1.165) is 10.4 Å². The third-order valence-electron chi connectivity index (χ3n) is 3.84. The molecule has 1 saturated heterocycles. The van der Waals surface area contributed by atoms with Gasteiger partial charge in [-0.2, -0.15) is 4.31 Å². The highest BCUT2D eigenvalue weighted by molar-refractivity contribution is 7.91. The van der Waals surface area contributed by atoms with E-state index in [2.05, 4.69) is 4.98 Å². The van der Waals surface area contributed by atoms with Crippen LogP contribution in [0.1, 0.15) is 10.4 Å². The lowest BCUT2D eigenvalue weighted by Gasteiger charge is -2.34. The highest BCUT2D eigenvalue weighted by atomic mass is 32.2. The van der Waals surface area contributed by atoms with Gasteiger partial charge in [-0.15, -0.1) is 11.3 Å². The maximum Gasteiger partial charge on any atom is 0.252 e. The minimum absolute atomic E-state index is 0.376. The van der Waals surface area contributed by atoms with Gasteiger partial charge in [0.2, 0.25) is 0 Å². The molecule has 1 fully saturated rings. The van der Waals surface area contributed by atoms with Gasteiger partial charge in [0.25, 0.3) is 10.0 Å². The summed E-state index contributed by atoms with van der Waals surface area (Å²) >= 11 is 1.32. The lowest BCUT2D eigenvalue weighted by molar-refractivity contribution is 0.384. The number of aromatic nitrogens is 1. The first kappa shape index (κ1) is 16.4. The molecule has 0 atom stereocenters. The summed E-state index contributed by atoms with van der Waals surface area (Å²) in [5.41, 5.74) is 0.801. The molecule has 3 rings (SSSR count). The van der Waals surface area contributed by atoms with Crippen molar-refractivity contribution in [2.45, 2.75) is 18.1 Å². The van der Waals surface area contributed by atoms with Crippen LogP contribution in [0.4, 0.5) is 10.2 Å². The van der Waals surface area contributed by atoms with Crippen molar-refractivity contribution in [1.29, 1.82) is 0 Å². The van der Waals surface area contributed by atoms with Gasteiger partial charge in [-0.3, -0.25) is 0 Å². The first-order valence-electron chi connectivity index (χ1n) is 7.31. The summed E-state index contributed by atoms with van der Waals surface area (Å²) in [6.45, 7) is 5.63. The molecule has 5 nitrogen and oxygen atoms in total. The first-order chi connectivity index (χ1) is 10.9. The Morgan fingerprint density at radius 2 is 1.87 bits per heavy atom. The van der Waals surface area contributed by atoms with Crippen LogP contribution in [0.3, 0.4) is 0 Å². The van der Waals surface area contributed by atoms with Crippen molar-refractivity contribution in [3.05, 3.63) is 40.7 Å². The van der Waals surface area contributed by atoms with Crippen molar-refractivity contribution >= 4 is 27.2 Å². The van der Waals surface area contributed by atoms with E-state index in [1.807, 2.05) is 24.8 Å². The maximum atomic E-state index is 12.9. The number of rotatable bonds is 3. The molecule has 124 valence electrons. The predicted octanol–water partition coefficient (Wildman–Crippen LogP) is 2.41. The highest BCUT2D eigenvalue weighted by Crippen LogP contribution is 2.29. The molecule has 3 heterocycles. The van der Waals surface area contributed by atoms with Crippen LogP contribution in [-0.4, -0.2) is 43.9 Å². The zero-order chi connectivity index (χ0) is 16.6. The van der Waals surface area contributed by atoms with Gasteiger partial charge < -0.3 is 4.90 Å². The molecule has 2 aromatic heterocycles. The Morgan fingerprint density at radius 1 is 1.17 bits per heavy atom. The third kappa shape index (κ3) is 3.24. The topological polar surface area (TPSA) is 53.5 Å². The standard InChI is InChI=1S/C15H18FN3O2S2/c1-11-9-12(2)22-15(11)23(20,21)19-7-5-18(6-8-19)14-4-3-13(16)10-17-14/h3-4,9-10H,5-8H2,1-2H3. The van der Waals surface area contributed by atoms with E-state index in [0.29, 0.717) is 36.2 Å². The van der Waals surface area contributed by atoms with Gasteiger partial charge in [0.05, 0.1) is 6.20 Å². The Kier molecular flexibility index (Phi) is 4.39. The first-order valence-corrected chi connectivity index (χ1v) is 9.57. The number of nitrogens with zero attached hydrogens (tertiary/aromatic N) is 3. The highest BCUT2D eigenvalue weighted by Gasteiger charge is 2.31. The Labute approximate surface area is 139 Å². The molecule has 0 unspecified atom stereocenters. The molecule has 1 aliphatic rings. The van der Waals surface area contributed by atoms with Gasteiger partial charge >= 0.3 is 0 Å². The summed E-state index contributed by atoms with van der Waals surface area (Å²) in [5, 5.41) is 0. The summed E-state index contributed by atoms with van der Waals surface area (Å²) in [7, 11) is -3.44. The molecule has 0 spiro atoms. The summed E-state index contributed by atoms with van der Waals surface area (Å²) in [5.74, 6) is 0.296. The van der Waals surface area contributed by atoms with Crippen LogP contribution < -0.4 is 4.90 Å². The van der Waals surface area contributed by atoms with Crippen molar-refractivity contribution in [2.75, 3.05) is 31.1 Å². The molecule has 0 aliphatic carbocycles. The van der Waals surface area contributed by atoms with Crippen molar-refractivity contribution in [3.63, 3.8) is 0 Å². The van der Waals surface area contributed by atoms with Gasteiger partial charge in [-0.1, -0.05) is 0 Å². The van der Waals surface area contributed by atoms with Crippen molar-refractivity contribution in [1.82, 2.24) is 9.29 Å².